The van der Waals surface area contributed by atoms with E-state index in [9.17, 15) is 9.59 Å². The second-order valence-corrected chi connectivity index (χ2v) is 6.40. The maximum absolute atomic E-state index is 12.1. The summed E-state index contributed by atoms with van der Waals surface area (Å²) in [5.74, 6) is 0.0805. The van der Waals surface area contributed by atoms with Crippen molar-refractivity contribution in [2.24, 2.45) is 11.7 Å². The number of carbonyl (C=O) groups excluding carboxylic acids is 2. The quantitative estimate of drug-likeness (QED) is 0.873. The van der Waals surface area contributed by atoms with E-state index >= 15 is 0 Å². The number of primary amides is 1. The van der Waals surface area contributed by atoms with Crippen LogP contribution >= 0.6 is 0 Å². The van der Waals surface area contributed by atoms with E-state index in [2.05, 4.69) is 10.2 Å². The highest BCUT2D eigenvalue weighted by Crippen LogP contribution is 2.31. The maximum Gasteiger partial charge on any atom is 0.248 e. The molecule has 1 saturated heterocycles. The zero-order chi connectivity index (χ0) is 15.5. The molecule has 2 fully saturated rings. The lowest BCUT2D eigenvalue weighted by Gasteiger charge is -2.31. The molecule has 118 valence electrons. The van der Waals surface area contributed by atoms with Gasteiger partial charge in [-0.15, -0.1) is 0 Å². The van der Waals surface area contributed by atoms with Gasteiger partial charge < -0.3 is 16.0 Å². The Balaban J connectivity index is 1.45. The average Bonchev–Trinajstić information content (AvgIpc) is 3.33. The van der Waals surface area contributed by atoms with Gasteiger partial charge in [-0.25, -0.2) is 0 Å². The van der Waals surface area contributed by atoms with Gasteiger partial charge in [-0.1, -0.05) is 0 Å². The van der Waals surface area contributed by atoms with Crippen molar-refractivity contribution in [3.8, 4) is 0 Å². The van der Waals surface area contributed by atoms with Crippen LogP contribution in [0.3, 0.4) is 0 Å². The van der Waals surface area contributed by atoms with E-state index in [1.165, 1.54) is 12.8 Å². The van der Waals surface area contributed by atoms with Gasteiger partial charge in [0.1, 0.15) is 0 Å². The zero-order valence-electron chi connectivity index (χ0n) is 12.8. The first-order valence-corrected chi connectivity index (χ1v) is 8.05. The molecule has 2 aliphatic rings. The average molecular weight is 301 g/mol. The van der Waals surface area contributed by atoms with E-state index < -0.39 is 5.91 Å². The van der Waals surface area contributed by atoms with Gasteiger partial charge in [-0.05, 0) is 69.0 Å². The number of hydrogen-bond acceptors (Lipinski definition) is 3. The van der Waals surface area contributed by atoms with Gasteiger partial charge in [0.25, 0.3) is 0 Å². The number of carbonyl (C=O) groups is 2. The van der Waals surface area contributed by atoms with E-state index in [0.717, 1.165) is 32.0 Å². The Kier molecular flexibility index (Phi) is 4.43. The molecule has 0 spiro atoms. The van der Waals surface area contributed by atoms with Crippen LogP contribution in [0, 0.1) is 5.92 Å². The lowest BCUT2D eigenvalue weighted by molar-refractivity contribution is -0.117. The van der Waals surface area contributed by atoms with Crippen LogP contribution in [0.1, 0.15) is 42.5 Å². The summed E-state index contributed by atoms with van der Waals surface area (Å²) in [6.45, 7) is 2.27. The first-order valence-electron chi connectivity index (χ1n) is 8.05. The summed E-state index contributed by atoms with van der Waals surface area (Å²) in [5.41, 5.74) is 6.36. The van der Waals surface area contributed by atoms with E-state index in [4.69, 9.17) is 5.73 Å². The summed E-state index contributed by atoms with van der Waals surface area (Å²) < 4.78 is 0. The second kappa shape index (κ2) is 6.48. The minimum absolute atomic E-state index is 0.0525. The third-order valence-corrected chi connectivity index (χ3v) is 4.64. The van der Waals surface area contributed by atoms with E-state index in [1.54, 1.807) is 24.3 Å². The van der Waals surface area contributed by atoms with Crippen molar-refractivity contribution in [2.45, 2.75) is 38.1 Å². The van der Waals surface area contributed by atoms with Crippen molar-refractivity contribution in [3.05, 3.63) is 29.8 Å². The maximum atomic E-state index is 12.1. The van der Waals surface area contributed by atoms with Crippen LogP contribution in [0.4, 0.5) is 5.69 Å². The summed E-state index contributed by atoms with van der Waals surface area (Å²) in [4.78, 5) is 25.7. The smallest absolute Gasteiger partial charge is 0.248 e. The summed E-state index contributed by atoms with van der Waals surface area (Å²) in [7, 11) is 0. The third kappa shape index (κ3) is 3.85. The van der Waals surface area contributed by atoms with Crippen LogP contribution in [0.15, 0.2) is 24.3 Å². The number of nitrogens with two attached hydrogens (primary N) is 1. The van der Waals surface area contributed by atoms with Gasteiger partial charge in [0.05, 0.1) is 0 Å². The fraction of sp³-hybridized carbons (Fsp3) is 0.529. The summed E-state index contributed by atoms with van der Waals surface area (Å²) >= 11 is 0. The summed E-state index contributed by atoms with van der Waals surface area (Å²) in [6, 6.07) is 7.53. The highest BCUT2D eigenvalue weighted by Gasteiger charge is 2.32. The largest absolute Gasteiger partial charge is 0.366 e. The number of nitrogens with zero attached hydrogens (tertiary/aromatic N) is 1. The number of amides is 2. The van der Waals surface area contributed by atoms with E-state index in [0.29, 0.717) is 23.6 Å². The second-order valence-electron chi connectivity index (χ2n) is 6.40. The van der Waals surface area contributed by atoms with Crippen molar-refractivity contribution < 1.29 is 9.59 Å². The first-order chi connectivity index (χ1) is 10.6. The Morgan fingerprint density at radius 2 is 1.73 bits per heavy atom. The van der Waals surface area contributed by atoms with Crippen LogP contribution in [0.25, 0.3) is 0 Å². The molecule has 1 saturated carbocycles. The monoisotopic (exact) mass is 301 g/mol. The normalized spacial score (nSPS) is 19.8. The number of rotatable bonds is 5. The molecule has 0 bridgehead atoms. The fourth-order valence-electron chi connectivity index (χ4n) is 3.15. The van der Waals surface area contributed by atoms with Crippen LogP contribution in [0.5, 0.6) is 0 Å². The SMILES string of the molecule is NC(=O)c1ccc(NC(=O)CC2CCN(C3CC3)CC2)cc1. The molecule has 1 aliphatic carbocycles. The van der Waals surface area contributed by atoms with E-state index in [-0.39, 0.29) is 5.91 Å². The summed E-state index contributed by atoms with van der Waals surface area (Å²) in [6.07, 6.45) is 5.52. The Labute approximate surface area is 130 Å². The van der Waals surface area contributed by atoms with Crippen molar-refractivity contribution in [3.63, 3.8) is 0 Å². The lowest BCUT2D eigenvalue weighted by Crippen LogP contribution is -2.36. The van der Waals surface area contributed by atoms with Gasteiger partial charge >= 0.3 is 0 Å². The van der Waals surface area contributed by atoms with Crippen molar-refractivity contribution in [1.29, 1.82) is 0 Å². The van der Waals surface area contributed by atoms with E-state index in [1.807, 2.05) is 0 Å². The Morgan fingerprint density at radius 3 is 2.27 bits per heavy atom. The van der Waals surface area contributed by atoms with Gasteiger partial charge in [0.2, 0.25) is 11.8 Å². The summed E-state index contributed by atoms with van der Waals surface area (Å²) in [5, 5.41) is 2.90. The standard InChI is InChI=1S/C17H23N3O2/c18-17(22)13-1-3-14(4-2-13)19-16(21)11-12-7-9-20(10-8-12)15-5-6-15/h1-4,12,15H,5-11H2,(H2,18,22)(H,19,21). The molecule has 3 N–H and O–H groups in total. The van der Waals surface area contributed by atoms with Crippen LogP contribution in [-0.2, 0) is 4.79 Å². The molecular formula is C17H23N3O2. The van der Waals surface area contributed by atoms with Crippen molar-refractivity contribution in [1.82, 2.24) is 4.90 Å². The molecule has 1 aromatic rings. The molecular weight excluding hydrogens is 278 g/mol. The predicted molar refractivity (Wildman–Crippen MR) is 85.5 cm³/mol. The Bertz CT molecular complexity index is 544. The first kappa shape index (κ1) is 15.0. The van der Waals surface area contributed by atoms with Crippen LogP contribution < -0.4 is 11.1 Å². The Morgan fingerprint density at radius 1 is 1.09 bits per heavy atom. The van der Waals surface area contributed by atoms with Crippen LogP contribution in [0.2, 0.25) is 0 Å². The number of hydrogen-bond donors (Lipinski definition) is 2. The molecule has 1 aromatic carbocycles. The number of piperidine rings is 1. The molecule has 2 amide bonds. The molecule has 1 heterocycles. The highest BCUT2D eigenvalue weighted by atomic mass is 16.2. The highest BCUT2D eigenvalue weighted by molar-refractivity contribution is 5.94. The molecule has 0 radical (unpaired) electrons. The molecule has 5 nitrogen and oxygen atoms in total. The van der Waals surface area contributed by atoms with Gasteiger partial charge in [0.15, 0.2) is 0 Å². The number of benzene rings is 1. The van der Waals surface area contributed by atoms with Gasteiger partial charge in [0, 0.05) is 23.7 Å². The molecule has 5 heteroatoms. The molecule has 0 unspecified atom stereocenters. The number of nitrogens with one attached hydrogen (secondary N) is 1. The van der Waals surface area contributed by atoms with Crippen LogP contribution in [-0.4, -0.2) is 35.8 Å². The zero-order valence-corrected chi connectivity index (χ0v) is 12.8. The number of anilines is 1. The molecule has 22 heavy (non-hydrogen) atoms. The topological polar surface area (TPSA) is 75.4 Å². The van der Waals surface area contributed by atoms with Crippen molar-refractivity contribution in [2.75, 3.05) is 18.4 Å². The molecule has 0 aromatic heterocycles. The molecule has 1 aliphatic heterocycles. The minimum Gasteiger partial charge on any atom is -0.366 e. The minimum atomic E-state index is -0.458. The van der Waals surface area contributed by atoms with Gasteiger partial charge in [-0.3, -0.25) is 9.59 Å². The fourth-order valence-corrected chi connectivity index (χ4v) is 3.15. The number of likely N-dealkylation sites (tertiary alicyclic amines) is 1. The van der Waals surface area contributed by atoms with Gasteiger partial charge in [-0.2, -0.15) is 0 Å². The van der Waals surface area contributed by atoms with Crippen molar-refractivity contribution >= 4 is 17.5 Å². The lowest BCUT2D eigenvalue weighted by atomic mass is 9.93. The predicted octanol–water partition coefficient (Wildman–Crippen LogP) is 1.99. The Hall–Kier alpha value is -1.88. The third-order valence-electron chi connectivity index (χ3n) is 4.64. The molecule has 0 atom stereocenters. The molecule has 3 rings (SSSR count).